The van der Waals surface area contributed by atoms with Gasteiger partial charge in [-0.05, 0) is 49.9 Å². The van der Waals surface area contributed by atoms with Gasteiger partial charge >= 0.3 is 5.97 Å². The minimum Gasteiger partial charge on any atom is -0.462 e. The van der Waals surface area contributed by atoms with E-state index < -0.39 is 0 Å². The zero-order valence-electron chi connectivity index (χ0n) is 12.7. The first-order valence-electron chi connectivity index (χ1n) is 7.80. The van der Waals surface area contributed by atoms with Crippen molar-refractivity contribution in [2.45, 2.75) is 39.0 Å². The van der Waals surface area contributed by atoms with Crippen molar-refractivity contribution in [1.29, 1.82) is 0 Å². The van der Waals surface area contributed by atoms with Crippen LogP contribution in [0.1, 0.15) is 48.3 Å². The molecule has 1 aromatic heterocycles. The Hall–Kier alpha value is -2.17. The number of hydrogen-bond donors (Lipinski definition) is 0. The van der Waals surface area contributed by atoms with Gasteiger partial charge in [0, 0.05) is 5.56 Å². The number of benzene rings is 1. The summed E-state index contributed by atoms with van der Waals surface area (Å²) in [6.07, 6.45) is 6.15. The summed E-state index contributed by atoms with van der Waals surface area (Å²) in [5.41, 5.74) is 1.35. The van der Waals surface area contributed by atoms with Crippen LogP contribution in [0.5, 0.6) is 0 Å². The molecule has 5 heteroatoms. The number of nitrogens with zero attached hydrogens (tertiary/aromatic N) is 2. The molecule has 1 aliphatic rings. The predicted octanol–water partition coefficient (Wildman–Crippen LogP) is 3.78. The maximum absolute atomic E-state index is 12.1. The van der Waals surface area contributed by atoms with E-state index in [1.54, 1.807) is 31.2 Å². The van der Waals surface area contributed by atoms with Crippen molar-refractivity contribution in [1.82, 2.24) is 10.1 Å². The van der Waals surface area contributed by atoms with Crippen molar-refractivity contribution in [3.63, 3.8) is 0 Å². The Labute approximate surface area is 129 Å². The first-order chi connectivity index (χ1) is 10.7. The van der Waals surface area contributed by atoms with E-state index in [4.69, 9.17) is 9.26 Å². The van der Waals surface area contributed by atoms with E-state index in [9.17, 15) is 4.79 Å². The topological polar surface area (TPSA) is 65.2 Å². The van der Waals surface area contributed by atoms with E-state index in [1.165, 1.54) is 32.1 Å². The van der Waals surface area contributed by atoms with Gasteiger partial charge in [-0.2, -0.15) is 4.98 Å². The second kappa shape index (κ2) is 6.73. The summed E-state index contributed by atoms with van der Waals surface area (Å²) in [6.45, 7) is 2.30. The Morgan fingerprint density at radius 1 is 1.23 bits per heavy atom. The fraction of sp³-hybridized carbons (Fsp3) is 0.471. The summed E-state index contributed by atoms with van der Waals surface area (Å²) in [6, 6.07) is 7.06. The summed E-state index contributed by atoms with van der Waals surface area (Å²) >= 11 is 0. The molecule has 22 heavy (non-hydrogen) atoms. The number of esters is 1. The average molecular weight is 300 g/mol. The molecule has 0 aliphatic heterocycles. The third-order valence-electron chi connectivity index (χ3n) is 4.07. The van der Waals surface area contributed by atoms with Crippen molar-refractivity contribution in [3.05, 3.63) is 35.7 Å². The van der Waals surface area contributed by atoms with Crippen molar-refractivity contribution in [2.24, 2.45) is 5.92 Å². The monoisotopic (exact) mass is 300 g/mol. The Morgan fingerprint density at radius 2 is 1.95 bits per heavy atom. The molecule has 0 saturated heterocycles. The molecule has 0 amide bonds. The van der Waals surface area contributed by atoms with Gasteiger partial charge in [0.1, 0.15) is 0 Å². The van der Waals surface area contributed by atoms with Crippen LogP contribution in [0.3, 0.4) is 0 Å². The van der Waals surface area contributed by atoms with Crippen LogP contribution in [0.15, 0.2) is 28.8 Å². The summed E-state index contributed by atoms with van der Waals surface area (Å²) in [4.78, 5) is 16.2. The molecule has 0 unspecified atom stereocenters. The third-order valence-corrected chi connectivity index (χ3v) is 4.07. The van der Waals surface area contributed by atoms with Gasteiger partial charge in [-0.1, -0.05) is 24.4 Å². The standard InChI is InChI=1S/C17H20N2O3/c1-12-18-16(22-19-12)14-7-9-15(10-8-14)17(20)21-11-13-5-3-2-4-6-13/h7-10,13H,2-6,11H2,1H3. The van der Waals surface area contributed by atoms with Gasteiger partial charge in [0.2, 0.25) is 0 Å². The van der Waals surface area contributed by atoms with E-state index in [-0.39, 0.29) is 5.97 Å². The first kappa shape index (κ1) is 14.8. The largest absolute Gasteiger partial charge is 0.462 e. The normalized spacial score (nSPS) is 15.7. The molecule has 2 aromatic rings. The van der Waals surface area contributed by atoms with E-state index >= 15 is 0 Å². The van der Waals surface area contributed by atoms with Crippen LogP contribution in [0.4, 0.5) is 0 Å². The highest BCUT2D eigenvalue weighted by molar-refractivity contribution is 5.89. The SMILES string of the molecule is Cc1noc(-c2ccc(C(=O)OCC3CCCCC3)cc2)n1. The van der Waals surface area contributed by atoms with Gasteiger partial charge in [-0.15, -0.1) is 0 Å². The van der Waals surface area contributed by atoms with Crippen molar-refractivity contribution in [3.8, 4) is 11.5 Å². The van der Waals surface area contributed by atoms with Crippen molar-refractivity contribution >= 4 is 5.97 Å². The Bertz CT molecular complexity index is 628. The lowest BCUT2D eigenvalue weighted by Crippen LogP contribution is -2.16. The Kier molecular flexibility index (Phi) is 4.51. The fourth-order valence-corrected chi connectivity index (χ4v) is 2.79. The molecular weight excluding hydrogens is 280 g/mol. The van der Waals surface area contributed by atoms with Crippen molar-refractivity contribution < 1.29 is 14.1 Å². The summed E-state index contributed by atoms with van der Waals surface area (Å²) in [5, 5.41) is 3.75. The van der Waals surface area contributed by atoms with Gasteiger partial charge in [-0.3, -0.25) is 0 Å². The number of aromatic nitrogens is 2. The molecule has 1 fully saturated rings. The summed E-state index contributed by atoms with van der Waals surface area (Å²) in [7, 11) is 0. The van der Waals surface area contributed by atoms with Crippen LogP contribution in [-0.2, 0) is 4.74 Å². The second-order valence-corrected chi connectivity index (χ2v) is 5.83. The van der Waals surface area contributed by atoms with E-state index in [0.29, 0.717) is 29.8 Å². The van der Waals surface area contributed by atoms with Crippen LogP contribution in [0.25, 0.3) is 11.5 Å². The quantitative estimate of drug-likeness (QED) is 0.804. The maximum Gasteiger partial charge on any atom is 0.338 e. The Morgan fingerprint density at radius 3 is 2.59 bits per heavy atom. The number of ether oxygens (including phenoxy) is 1. The zero-order valence-corrected chi connectivity index (χ0v) is 12.7. The highest BCUT2D eigenvalue weighted by atomic mass is 16.5. The second-order valence-electron chi connectivity index (χ2n) is 5.83. The molecule has 5 nitrogen and oxygen atoms in total. The average Bonchev–Trinajstić information content (AvgIpc) is 3.00. The summed E-state index contributed by atoms with van der Waals surface area (Å²) < 4.78 is 10.5. The van der Waals surface area contributed by atoms with Gasteiger partial charge < -0.3 is 9.26 Å². The smallest absolute Gasteiger partial charge is 0.338 e. The fourth-order valence-electron chi connectivity index (χ4n) is 2.79. The molecule has 1 aromatic carbocycles. The molecular formula is C17H20N2O3. The number of carbonyl (C=O) groups excluding carboxylic acids is 1. The van der Waals surface area contributed by atoms with Crippen LogP contribution >= 0.6 is 0 Å². The van der Waals surface area contributed by atoms with Crippen LogP contribution in [0, 0.1) is 12.8 Å². The highest BCUT2D eigenvalue weighted by Gasteiger charge is 2.16. The Balaban J connectivity index is 1.58. The first-order valence-corrected chi connectivity index (χ1v) is 7.80. The molecule has 0 radical (unpaired) electrons. The summed E-state index contributed by atoms with van der Waals surface area (Å²) in [5.74, 6) is 1.31. The van der Waals surface area contributed by atoms with Gasteiger partial charge in [0.05, 0.1) is 12.2 Å². The zero-order chi connectivity index (χ0) is 15.4. The van der Waals surface area contributed by atoms with Crippen LogP contribution in [0.2, 0.25) is 0 Å². The molecule has 0 N–H and O–H groups in total. The van der Waals surface area contributed by atoms with Gasteiger partial charge in [0.25, 0.3) is 5.89 Å². The molecule has 1 aliphatic carbocycles. The maximum atomic E-state index is 12.1. The van der Waals surface area contributed by atoms with Crippen LogP contribution in [-0.4, -0.2) is 22.7 Å². The highest BCUT2D eigenvalue weighted by Crippen LogP contribution is 2.24. The molecule has 0 bridgehead atoms. The molecule has 116 valence electrons. The molecule has 3 rings (SSSR count). The van der Waals surface area contributed by atoms with Crippen LogP contribution < -0.4 is 0 Å². The lowest BCUT2D eigenvalue weighted by Gasteiger charge is -2.21. The lowest BCUT2D eigenvalue weighted by atomic mass is 9.90. The molecule has 0 spiro atoms. The van der Waals surface area contributed by atoms with Gasteiger partial charge in [-0.25, -0.2) is 4.79 Å². The number of rotatable bonds is 4. The minimum atomic E-state index is -0.265. The molecule has 1 heterocycles. The van der Waals surface area contributed by atoms with Crippen molar-refractivity contribution in [2.75, 3.05) is 6.61 Å². The number of carbonyl (C=O) groups is 1. The lowest BCUT2D eigenvalue weighted by molar-refractivity contribution is 0.0410. The van der Waals surface area contributed by atoms with E-state index in [1.807, 2.05) is 0 Å². The van der Waals surface area contributed by atoms with E-state index in [0.717, 1.165) is 5.56 Å². The molecule has 0 atom stereocenters. The minimum absolute atomic E-state index is 0.265. The predicted molar refractivity (Wildman–Crippen MR) is 81.3 cm³/mol. The number of aryl methyl sites for hydroxylation is 1. The number of hydrogen-bond acceptors (Lipinski definition) is 5. The van der Waals surface area contributed by atoms with E-state index in [2.05, 4.69) is 10.1 Å². The van der Waals surface area contributed by atoms with Gasteiger partial charge in [0.15, 0.2) is 5.82 Å². The third kappa shape index (κ3) is 3.53. The molecule has 1 saturated carbocycles.